The first kappa shape index (κ1) is 21.4. The first-order valence-corrected chi connectivity index (χ1v) is 10.1. The van der Waals surface area contributed by atoms with Crippen molar-refractivity contribution in [3.8, 4) is 11.4 Å². The Morgan fingerprint density at radius 3 is 2.77 bits per heavy atom. The highest BCUT2D eigenvalue weighted by Crippen LogP contribution is 2.26. The number of carbonyl (C=O) groups is 1. The molecule has 0 aliphatic carbocycles. The molecule has 0 aromatic carbocycles. The van der Waals surface area contributed by atoms with E-state index in [4.69, 9.17) is 16.3 Å². The molecule has 1 aliphatic rings. The van der Waals surface area contributed by atoms with Gasteiger partial charge in [-0.25, -0.2) is 18.3 Å². The standard InChI is InChI=1S/C20H21ClF2N6O2/c1-20(2,23)17(22)8-26-19(30)13-6-24-15(4-14(13)28-12-9-31-10-12)16-7-25-18-3-11(21)5-27-29(16)18/h3-7,12,17H,8-10H2,1-2H3,(H,24,28)(H,26,30)/t17-/m1/s1. The Labute approximate surface area is 182 Å². The van der Waals surface area contributed by atoms with E-state index in [1.165, 1.54) is 12.4 Å². The lowest BCUT2D eigenvalue weighted by Crippen LogP contribution is -2.42. The fourth-order valence-electron chi connectivity index (χ4n) is 2.98. The summed E-state index contributed by atoms with van der Waals surface area (Å²) in [4.78, 5) is 21.3. The number of alkyl halides is 2. The third-order valence-corrected chi connectivity index (χ3v) is 5.13. The summed E-state index contributed by atoms with van der Waals surface area (Å²) in [5, 5.41) is 10.4. The molecule has 31 heavy (non-hydrogen) atoms. The normalized spacial score (nSPS) is 15.5. The fourth-order valence-corrected chi connectivity index (χ4v) is 3.12. The van der Waals surface area contributed by atoms with E-state index in [1.807, 2.05) is 0 Å². The second kappa shape index (κ2) is 8.35. The van der Waals surface area contributed by atoms with E-state index in [9.17, 15) is 13.6 Å². The third-order valence-electron chi connectivity index (χ3n) is 4.92. The molecule has 4 rings (SSSR count). The summed E-state index contributed by atoms with van der Waals surface area (Å²) in [7, 11) is 0. The molecule has 0 bridgehead atoms. The predicted octanol–water partition coefficient (Wildman–Crippen LogP) is 3.07. The molecular formula is C20H21ClF2N6O2. The number of pyridine rings is 1. The van der Waals surface area contributed by atoms with Crippen molar-refractivity contribution in [1.29, 1.82) is 0 Å². The summed E-state index contributed by atoms with van der Waals surface area (Å²) in [5.74, 6) is -0.559. The van der Waals surface area contributed by atoms with Crippen LogP contribution in [-0.4, -0.2) is 63.1 Å². The van der Waals surface area contributed by atoms with Gasteiger partial charge in [0.05, 0.1) is 60.2 Å². The zero-order chi connectivity index (χ0) is 22.2. The number of hydrogen-bond acceptors (Lipinski definition) is 6. The number of ether oxygens (including phenoxy) is 1. The molecule has 4 heterocycles. The monoisotopic (exact) mass is 450 g/mol. The molecule has 164 valence electrons. The first-order chi connectivity index (χ1) is 14.7. The Bertz CT molecular complexity index is 1110. The minimum absolute atomic E-state index is 0.0274. The van der Waals surface area contributed by atoms with Crippen LogP contribution in [0.2, 0.25) is 5.02 Å². The van der Waals surface area contributed by atoms with Crippen molar-refractivity contribution in [2.45, 2.75) is 31.7 Å². The van der Waals surface area contributed by atoms with Crippen LogP contribution >= 0.6 is 11.6 Å². The molecule has 3 aromatic rings. The fraction of sp³-hybridized carbons (Fsp3) is 0.400. The van der Waals surface area contributed by atoms with Gasteiger partial charge in [-0.2, -0.15) is 5.10 Å². The minimum atomic E-state index is -2.06. The number of rotatable bonds is 7. The highest BCUT2D eigenvalue weighted by atomic mass is 35.5. The SMILES string of the molecule is CC(C)(F)[C@H](F)CNC(=O)c1cnc(-c2cnc3cc(Cl)cnn23)cc1NC1COC1. The van der Waals surface area contributed by atoms with Gasteiger partial charge in [0, 0.05) is 12.3 Å². The zero-order valence-corrected chi connectivity index (χ0v) is 17.7. The van der Waals surface area contributed by atoms with Crippen molar-refractivity contribution in [3.05, 3.63) is 41.3 Å². The van der Waals surface area contributed by atoms with Crippen molar-refractivity contribution in [1.82, 2.24) is 24.9 Å². The molecule has 2 N–H and O–H groups in total. The number of halogens is 3. The van der Waals surface area contributed by atoms with Gasteiger partial charge >= 0.3 is 0 Å². The van der Waals surface area contributed by atoms with Gasteiger partial charge in [0.15, 0.2) is 11.8 Å². The Morgan fingerprint density at radius 1 is 1.32 bits per heavy atom. The number of aromatic nitrogens is 4. The first-order valence-electron chi connectivity index (χ1n) is 9.67. The lowest BCUT2D eigenvalue weighted by molar-refractivity contribution is 0.0210. The van der Waals surface area contributed by atoms with E-state index in [-0.39, 0.29) is 11.6 Å². The second-order valence-electron chi connectivity index (χ2n) is 7.82. The molecule has 1 aliphatic heterocycles. The van der Waals surface area contributed by atoms with Gasteiger partial charge in [-0.3, -0.25) is 9.78 Å². The van der Waals surface area contributed by atoms with Crippen LogP contribution in [0.3, 0.4) is 0 Å². The van der Waals surface area contributed by atoms with Gasteiger partial charge in [0.25, 0.3) is 5.91 Å². The van der Waals surface area contributed by atoms with Gasteiger partial charge in [-0.15, -0.1) is 0 Å². The van der Waals surface area contributed by atoms with E-state index < -0.39 is 24.3 Å². The van der Waals surface area contributed by atoms with E-state index in [0.29, 0.717) is 41.0 Å². The summed E-state index contributed by atoms with van der Waals surface area (Å²) >= 11 is 5.97. The molecule has 1 saturated heterocycles. The minimum Gasteiger partial charge on any atom is -0.377 e. The van der Waals surface area contributed by atoms with Crippen LogP contribution in [0.1, 0.15) is 24.2 Å². The Hall–Kier alpha value is -2.85. The Morgan fingerprint density at radius 2 is 2.10 bits per heavy atom. The van der Waals surface area contributed by atoms with Crippen LogP contribution in [0.25, 0.3) is 17.0 Å². The molecule has 3 aromatic heterocycles. The maximum absolute atomic E-state index is 13.9. The van der Waals surface area contributed by atoms with Crippen LogP contribution in [0, 0.1) is 0 Å². The van der Waals surface area contributed by atoms with Gasteiger partial charge in [0.2, 0.25) is 0 Å². The van der Waals surface area contributed by atoms with Crippen molar-refractivity contribution in [2.75, 3.05) is 25.1 Å². The smallest absolute Gasteiger partial charge is 0.255 e. The van der Waals surface area contributed by atoms with Crippen LogP contribution in [0.4, 0.5) is 14.5 Å². The van der Waals surface area contributed by atoms with E-state index in [2.05, 4.69) is 25.7 Å². The molecule has 0 spiro atoms. The quantitative estimate of drug-likeness (QED) is 0.574. The van der Waals surface area contributed by atoms with Gasteiger partial charge in [-0.05, 0) is 19.9 Å². The summed E-state index contributed by atoms with van der Waals surface area (Å²) in [6.45, 7) is 2.80. The molecule has 8 nitrogen and oxygen atoms in total. The van der Waals surface area contributed by atoms with E-state index in [1.54, 1.807) is 22.8 Å². The molecule has 1 fully saturated rings. The zero-order valence-electron chi connectivity index (χ0n) is 16.9. The number of carbonyl (C=O) groups excluding carboxylic acids is 1. The molecule has 1 amide bonds. The van der Waals surface area contributed by atoms with Crippen molar-refractivity contribution in [2.24, 2.45) is 0 Å². The van der Waals surface area contributed by atoms with Crippen molar-refractivity contribution < 1.29 is 18.3 Å². The molecule has 0 unspecified atom stereocenters. The molecule has 11 heteroatoms. The number of nitrogens with one attached hydrogen (secondary N) is 2. The number of anilines is 1. The molecule has 0 radical (unpaired) electrons. The van der Waals surface area contributed by atoms with E-state index >= 15 is 0 Å². The van der Waals surface area contributed by atoms with Crippen LogP contribution in [-0.2, 0) is 4.74 Å². The molecule has 0 saturated carbocycles. The lowest BCUT2D eigenvalue weighted by Gasteiger charge is -2.29. The summed E-state index contributed by atoms with van der Waals surface area (Å²) in [6, 6.07) is 3.39. The molecular weight excluding hydrogens is 430 g/mol. The summed E-state index contributed by atoms with van der Waals surface area (Å²) in [6.07, 6.45) is 2.65. The average Bonchev–Trinajstić information content (AvgIpc) is 3.10. The highest BCUT2D eigenvalue weighted by molar-refractivity contribution is 6.30. The second-order valence-corrected chi connectivity index (χ2v) is 8.26. The maximum atomic E-state index is 13.9. The highest BCUT2D eigenvalue weighted by Gasteiger charge is 2.30. The van der Waals surface area contributed by atoms with Gasteiger partial charge < -0.3 is 15.4 Å². The number of fused-ring (bicyclic) bond motifs is 1. The molecule has 1 atom stereocenters. The van der Waals surface area contributed by atoms with Crippen LogP contribution < -0.4 is 10.6 Å². The number of hydrogen-bond donors (Lipinski definition) is 2. The number of imidazole rings is 1. The van der Waals surface area contributed by atoms with Crippen molar-refractivity contribution >= 4 is 28.8 Å². The predicted molar refractivity (Wildman–Crippen MR) is 112 cm³/mol. The topological polar surface area (TPSA) is 93.4 Å². The summed E-state index contributed by atoms with van der Waals surface area (Å²) < 4.78 is 34.4. The van der Waals surface area contributed by atoms with Gasteiger partial charge in [-0.1, -0.05) is 11.6 Å². The number of amides is 1. The van der Waals surface area contributed by atoms with Crippen molar-refractivity contribution in [3.63, 3.8) is 0 Å². The van der Waals surface area contributed by atoms with Crippen LogP contribution in [0.5, 0.6) is 0 Å². The summed E-state index contributed by atoms with van der Waals surface area (Å²) in [5.41, 5.74) is 0.331. The average molecular weight is 451 g/mol. The van der Waals surface area contributed by atoms with E-state index in [0.717, 1.165) is 13.8 Å². The van der Waals surface area contributed by atoms with Crippen LogP contribution in [0.15, 0.2) is 30.7 Å². The van der Waals surface area contributed by atoms with Gasteiger partial charge in [0.1, 0.15) is 11.4 Å². The number of nitrogens with zero attached hydrogens (tertiary/aromatic N) is 4. The lowest BCUT2D eigenvalue weighted by atomic mass is 10.1. The Balaban J connectivity index is 1.63. The third kappa shape index (κ3) is 4.59. The largest absolute Gasteiger partial charge is 0.377 e. The maximum Gasteiger partial charge on any atom is 0.255 e. The Kier molecular flexibility index (Phi) is 5.76.